The van der Waals surface area contributed by atoms with Crippen LogP contribution in [0.1, 0.15) is 24.9 Å². The van der Waals surface area contributed by atoms with Gasteiger partial charge in [0.05, 0.1) is 12.4 Å². The second-order valence-electron chi connectivity index (χ2n) is 4.80. The Morgan fingerprint density at radius 2 is 2.05 bits per heavy atom. The van der Waals surface area contributed by atoms with Gasteiger partial charge in [-0.1, -0.05) is 19.1 Å². The minimum Gasteiger partial charge on any atom is -0.306 e. The average Bonchev–Trinajstić information content (AvgIpc) is 2.93. The minimum atomic E-state index is -0.126. The molecule has 5 nitrogen and oxygen atoms in total. The van der Waals surface area contributed by atoms with E-state index >= 15 is 0 Å². The van der Waals surface area contributed by atoms with Crippen LogP contribution >= 0.6 is 0 Å². The molecule has 5 heteroatoms. The van der Waals surface area contributed by atoms with E-state index in [1.54, 1.807) is 12.5 Å². The fourth-order valence-electron chi connectivity index (χ4n) is 2.32. The smallest absolute Gasteiger partial charge is 0.264 e. The lowest BCUT2D eigenvalue weighted by atomic mass is 9.91. The Morgan fingerprint density at radius 1 is 1.26 bits per heavy atom. The van der Waals surface area contributed by atoms with E-state index in [2.05, 4.69) is 15.2 Å². The molecular formula is C14H14N4O. The Morgan fingerprint density at radius 3 is 2.68 bits per heavy atom. The van der Waals surface area contributed by atoms with Gasteiger partial charge >= 0.3 is 0 Å². The summed E-state index contributed by atoms with van der Waals surface area (Å²) >= 11 is 0. The van der Waals surface area contributed by atoms with Gasteiger partial charge in [-0.3, -0.25) is 4.79 Å². The second-order valence-corrected chi connectivity index (χ2v) is 4.80. The maximum absolute atomic E-state index is 11.2. The standard InChI is InChI=1S/C14H14N4O/c1-10-8-13(19)16-17-14(10)11-2-4-12(5-3-11)18-7-6-15-9-18/h2-7,9-10,14H,8H2,1H3. The Bertz CT molecular complexity index is 601. The first-order valence-corrected chi connectivity index (χ1v) is 6.26. The Labute approximate surface area is 111 Å². The van der Waals surface area contributed by atoms with Crippen molar-refractivity contribution in [2.45, 2.75) is 19.4 Å². The third-order valence-corrected chi connectivity index (χ3v) is 3.37. The summed E-state index contributed by atoms with van der Waals surface area (Å²) in [6.45, 7) is 2.03. The molecule has 0 spiro atoms. The number of nitrogens with zero attached hydrogens (tertiary/aromatic N) is 4. The number of imidazole rings is 1. The van der Waals surface area contributed by atoms with Crippen molar-refractivity contribution >= 4 is 5.91 Å². The fraction of sp³-hybridized carbons (Fsp3) is 0.286. The van der Waals surface area contributed by atoms with Crippen LogP contribution in [-0.2, 0) is 4.79 Å². The quantitative estimate of drug-likeness (QED) is 0.827. The highest BCUT2D eigenvalue weighted by atomic mass is 16.1. The summed E-state index contributed by atoms with van der Waals surface area (Å²) in [5.41, 5.74) is 2.14. The van der Waals surface area contributed by atoms with Gasteiger partial charge in [0.15, 0.2) is 0 Å². The summed E-state index contributed by atoms with van der Waals surface area (Å²) in [6.07, 6.45) is 5.88. The monoisotopic (exact) mass is 254 g/mol. The largest absolute Gasteiger partial charge is 0.306 e. The predicted molar refractivity (Wildman–Crippen MR) is 69.9 cm³/mol. The van der Waals surface area contributed by atoms with Gasteiger partial charge in [-0.25, -0.2) is 4.98 Å². The van der Waals surface area contributed by atoms with E-state index in [1.165, 1.54) is 0 Å². The highest BCUT2D eigenvalue weighted by Gasteiger charge is 2.25. The van der Waals surface area contributed by atoms with Crippen molar-refractivity contribution in [2.24, 2.45) is 16.1 Å². The highest BCUT2D eigenvalue weighted by molar-refractivity contribution is 5.77. The molecule has 0 bridgehead atoms. The third kappa shape index (κ3) is 2.31. The molecule has 2 atom stereocenters. The lowest BCUT2D eigenvalue weighted by molar-refractivity contribution is -0.120. The van der Waals surface area contributed by atoms with Crippen molar-refractivity contribution in [1.29, 1.82) is 0 Å². The summed E-state index contributed by atoms with van der Waals surface area (Å²) in [5.74, 6) is 0.0721. The van der Waals surface area contributed by atoms with E-state index in [4.69, 9.17) is 0 Å². The molecule has 2 heterocycles. The summed E-state index contributed by atoms with van der Waals surface area (Å²) in [7, 11) is 0. The van der Waals surface area contributed by atoms with Crippen LogP contribution in [-0.4, -0.2) is 15.5 Å². The fourth-order valence-corrected chi connectivity index (χ4v) is 2.32. The molecule has 0 radical (unpaired) electrons. The van der Waals surface area contributed by atoms with Crippen LogP contribution < -0.4 is 0 Å². The predicted octanol–water partition coefficient (Wildman–Crippen LogP) is 2.93. The Hall–Kier alpha value is -2.30. The summed E-state index contributed by atoms with van der Waals surface area (Å²) in [4.78, 5) is 15.2. The SMILES string of the molecule is CC1CC(=O)N=NC1c1ccc(-n2ccnc2)cc1. The zero-order chi connectivity index (χ0) is 13.2. The molecular weight excluding hydrogens is 240 g/mol. The molecule has 0 saturated heterocycles. The maximum atomic E-state index is 11.2. The van der Waals surface area contributed by atoms with Crippen molar-refractivity contribution in [3.05, 3.63) is 48.5 Å². The number of rotatable bonds is 2. The van der Waals surface area contributed by atoms with Gasteiger partial charge in [0.25, 0.3) is 5.91 Å². The zero-order valence-corrected chi connectivity index (χ0v) is 10.6. The minimum absolute atomic E-state index is 0.0189. The summed E-state index contributed by atoms with van der Waals surface area (Å²) < 4.78 is 1.94. The Kier molecular flexibility index (Phi) is 2.95. The molecule has 1 aliphatic heterocycles. The molecule has 2 unspecified atom stereocenters. The van der Waals surface area contributed by atoms with Crippen molar-refractivity contribution in [3.8, 4) is 5.69 Å². The summed E-state index contributed by atoms with van der Waals surface area (Å²) in [6, 6.07) is 8.09. The molecule has 0 fully saturated rings. The van der Waals surface area contributed by atoms with E-state index in [0.29, 0.717) is 6.42 Å². The first-order chi connectivity index (χ1) is 9.24. The van der Waals surface area contributed by atoms with Crippen LogP contribution in [0.25, 0.3) is 5.69 Å². The molecule has 19 heavy (non-hydrogen) atoms. The van der Waals surface area contributed by atoms with E-state index in [0.717, 1.165) is 11.3 Å². The van der Waals surface area contributed by atoms with Gasteiger partial charge in [-0.05, 0) is 23.6 Å². The van der Waals surface area contributed by atoms with Crippen LogP contribution in [0.15, 0.2) is 53.2 Å². The van der Waals surface area contributed by atoms with Gasteiger partial charge in [0.2, 0.25) is 0 Å². The zero-order valence-electron chi connectivity index (χ0n) is 10.6. The molecule has 0 aliphatic carbocycles. The number of carbonyl (C=O) groups is 1. The molecule has 1 amide bonds. The first-order valence-electron chi connectivity index (χ1n) is 6.26. The number of carbonyl (C=O) groups excluding carboxylic acids is 1. The second kappa shape index (κ2) is 4.76. The molecule has 96 valence electrons. The van der Waals surface area contributed by atoms with E-state index in [1.807, 2.05) is 42.0 Å². The molecule has 1 aliphatic rings. The molecule has 1 aromatic carbocycles. The van der Waals surface area contributed by atoms with Gasteiger partial charge < -0.3 is 4.57 Å². The van der Waals surface area contributed by atoms with Crippen molar-refractivity contribution in [2.75, 3.05) is 0 Å². The maximum Gasteiger partial charge on any atom is 0.264 e. The topological polar surface area (TPSA) is 59.6 Å². The average molecular weight is 254 g/mol. The van der Waals surface area contributed by atoms with Crippen molar-refractivity contribution in [3.63, 3.8) is 0 Å². The molecule has 1 aromatic heterocycles. The number of amides is 1. The number of azo groups is 1. The third-order valence-electron chi connectivity index (χ3n) is 3.37. The Balaban J connectivity index is 1.87. The van der Waals surface area contributed by atoms with Crippen LogP contribution in [0.5, 0.6) is 0 Å². The molecule has 3 rings (SSSR count). The lowest BCUT2D eigenvalue weighted by Crippen LogP contribution is -2.16. The van der Waals surface area contributed by atoms with E-state index in [-0.39, 0.29) is 17.9 Å². The molecule has 0 N–H and O–H groups in total. The van der Waals surface area contributed by atoms with Gasteiger partial charge in [0.1, 0.15) is 0 Å². The van der Waals surface area contributed by atoms with Crippen LogP contribution in [0.2, 0.25) is 0 Å². The first kappa shape index (κ1) is 11.8. The number of benzene rings is 1. The van der Waals surface area contributed by atoms with Gasteiger partial charge in [0, 0.05) is 24.5 Å². The van der Waals surface area contributed by atoms with Crippen LogP contribution in [0.3, 0.4) is 0 Å². The molecule has 0 saturated carbocycles. The highest BCUT2D eigenvalue weighted by Crippen LogP contribution is 2.32. The van der Waals surface area contributed by atoms with E-state index in [9.17, 15) is 4.79 Å². The lowest BCUT2D eigenvalue weighted by Gasteiger charge is -2.21. The van der Waals surface area contributed by atoms with Crippen LogP contribution in [0, 0.1) is 5.92 Å². The van der Waals surface area contributed by atoms with Crippen molar-refractivity contribution < 1.29 is 4.79 Å². The number of hydrogen-bond acceptors (Lipinski definition) is 3. The van der Waals surface area contributed by atoms with Gasteiger partial charge in [-0.2, -0.15) is 5.11 Å². The number of hydrogen-bond donors (Lipinski definition) is 0. The van der Waals surface area contributed by atoms with E-state index < -0.39 is 0 Å². The molecule has 2 aromatic rings. The normalized spacial score (nSPS) is 22.7. The number of aromatic nitrogens is 2. The van der Waals surface area contributed by atoms with Crippen molar-refractivity contribution in [1.82, 2.24) is 9.55 Å². The van der Waals surface area contributed by atoms with Crippen LogP contribution in [0.4, 0.5) is 0 Å². The summed E-state index contributed by atoms with van der Waals surface area (Å²) in [5, 5.41) is 7.79. The van der Waals surface area contributed by atoms with Gasteiger partial charge in [-0.15, -0.1) is 5.11 Å².